The van der Waals surface area contributed by atoms with Crippen LogP contribution in [0.2, 0.25) is 0 Å². The van der Waals surface area contributed by atoms with Crippen LogP contribution < -0.4 is 21.2 Å². The number of methoxy groups -OCH3 is 1. The summed E-state index contributed by atoms with van der Waals surface area (Å²) < 4.78 is 8.26. The van der Waals surface area contributed by atoms with Gasteiger partial charge in [-0.1, -0.05) is 18.0 Å². The van der Waals surface area contributed by atoms with E-state index in [9.17, 15) is 9.59 Å². The van der Waals surface area contributed by atoms with E-state index in [0.29, 0.717) is 48.6 Å². The number of hydrogen-bond donors (Lipinski definition) is 2. The molecule has 28 heavy (non-hydrogen) atoms. The molecular formula is C20H26N5O3+. The summed E-state index contributed by atoms with van der Waals surface area (Å²) in [4.78, 5) is 30.5. The number of nitrogen functional groups attached to an aromatic ring is 1. The average Bonchev–Trinajstić information content (AvgIpc) is 2.68. The number of aryl methyl sites for hydroxylation is 2. The van der Waals surface area contributed by atoms with Crippen molar-refractivity contribution >= 4 is 28.4 Å². The molecular weight excluding hydrogens is 358 g/mol. The molecule has 1 amide bonds. The van der Waals surface area contributed by atoms with Crippen LogP contribution in [0.25, 0.3) is 16.7 Å². The van der Waals surface area contributed by atoms with Gasteiger partial charge in [-0.3, -0.25) is 14.0 Å². The zero-order chi connectivity index (χ0) is 20.3. The molecule has 0 spiro atoms. The molecule has 0 fully saturated rings. The molecule has 0 aliphatic carbocycles. The molecule has 0 aliphatic heterocycles. The number of amides is 1. The van der Waals surface area contributed by atoms with Crippen molar-refractivity contribution in [2.75, 3.05) is 26.0 Å². The number of ether oxygens (including phenoxy) is 1. The molecule has 3 heterocycles. The van der Waals surface area contributed by atoms with E-state index in [4.69, 9.17) is 15.5 Å². The smallest absolute Gasteiger partial charge is 0.278 e. The van der Waals surface area contributed by atoms with Gasteiger partial charge < -0.3 is 15.8 Å². The number of nitrogens with zero attached hydrogens (tertiary/aromatic N) is 3. The largest absolute Gasteiger partial charge is 0.385 e. The van der Waals surface area contributed by atoms with Gasteiger partial charge in [0.2, 0.25) is 11.5 Å². The van der Waals surface area contributed by atoms with E-state index >= 15 is 0 Å². The molecule has 8 nitrogen and oxygen atoms in total. The van der Waals surface area contributed by atoms with Crippen molar-refractivity contribution in [2.24, 2.45) is 0 Å². The Bertz CT molecular complexity index is 1090. The minimum atomic E-state index is -0.311. The number of aromatic nitrogens is 3. The fourth-order valence-electron chi connectivity index (χ4n) is 3.26. The molecule has 3 rings (SSSR count). The standard InChI is InChI=1S/C20H25N5O3/c1-4-9-24-16(21)14(19(26)22-8-6-11-28-3)12-15-18(24)23-17-13(2)7-5-10-25(17)20(15)27/h5,7,10,12,21H,4,6,8-9,11H2,1-3H3,(H,22,26)/p+1. The SMILES string of the molecule is CCC[n+]1c(N)c(C(=O)NCCCOC)cc2c(=O)n3cccc(C)c3nc21. The third kappa shape index (κ3) is 3.55. The summed E-state index contributed by atoms with van der Waals surface area (Å²) in [6.07, 6.45) is 3.17. The quantitative estimate of drug-likeness (QED) is 0.362. The van der Waals surface area contributed by atoms with Crippen LogP contribution in [0.4, 0.5) is 5.82 Å². The molecule has 3 N–H and O–H groups in total. The Morgan fingerprint density at radius 3 is 2.93 bits per heavy atom. The fraction of sp³-hybridized carbons (Fsp3) is 0.400. The molecule has 0 saturated heterocycles. The molecule has 3 aromatic rings. The van der Waals surface area contributed by atoms with Gasteiger partial charge in [0.05, 0.1) is 6.54 Å². The summed E-state index contributed by atoms with van der Waals surface area (Å²) in [5.41, 5.74) is 8.36. The zero-order valence-corrected chi connectivity index (χ0v) is 16.5. The van der Waals surface area contributed by atoms with Gasteiger partial charge in [-0.15, -0.1) is 0 Å². The monoisotopic (exact) mass is 384 g/mol. The first-order chi connectivity index (χ1) is 13.5. The topological polar surface area (TPSA) is 103 Å². The fourth-order valence-corrected chi connectivity index (χ4v) is 3.26. The summed E-state index contributed by atoms with van der Waals surface area (Å²) >= 11 is 0. The van der Waals surface area contributed by atoms with E-state index in [-0.39, 0.29) is 17.0 Å². The number of carbonyl (C=O) groups excluding carboxylic acids is 1. The maximum Gasteiger partial charge on any atom is 0.278 e. The number of rotatable bonds is 7. The van der Waals surface area contributed by atoms with Crippen LogP contribution in [0.15, 0.2) is 29.2 Å². The lowest BCUT2D eigenvalue weighted by Gasteiger charge is -2.12. The molecule has 0 aromatic carbocycles. The van der Waals surface area contributed by atoms with Gasteiger partial charge in [0.15, 0.2) is 0 Å². The van der Waals surface area contributed by atoms with E-state index in [1.807, 2.05) is 19.9 Å². The third-order valence-corrected chi connectivity index (χ3v) is 4.68. The summed E-state index contributed by atoms with van der Waals surface area (Å²) in [7, 11) is 1.61. The maximum absolute atomic E-state index is 13.1. The molecule has 148 valence electrons. The van der Waals surface area contributed by atoms with Crippen molar-refractivity contribution in [1.82, 2.24) is 14.7 Å². The predicted molar refractivity (Wildman–Crippen MR) is 107 cm³/mol. The molecule has 0 unspecified atom stereocenters. The highest BCUT2D eigenvalue weighted by molar-refractivity contribution is 6.00. The highest BCUT2D eigenvalue weighted by Gasteiger charge is 2.24. The normalized spacial score (nSPS) is 11.2. The second-order valence-corrected chi connectivity index (χ2v) is 6.74. The van der Waals surface area contributed by atoms with Gasteiger partial charge in [0.25, 0.3) is 17.1 Å². The van der Waals surface area contributed by atoms with Gasteiger partial charge in [0.1, 0.15) is 10.9 Å². The van der Waals surface area contributed by atoms with Crippen molar-refractivity contribution in [3.63, 3.8) is 0 Å². The molecule has 0 bridgehead atoms. The van der Waals surface area contributed by atoms with Crippen molar-refractivity contribution < 1.29 is 14.1 Å². The lowest BCUT2D eigenvalue weighted by atomic mass is 10.1. The van der Waals surface area contributed by atoms with Crippen LogP contribution in [-0.2, 0) is 11.3 Å². The number of hydrogen-bond acceptors (Lipinski definition) is 5. The lowest BCUT2D eigenvalue weighted by Crippen LogP contribution is -2.42. The number of carbonyl (C=O) groups is 1. The van der Waals surface area contributed by atoms with Crippen LogP contribution in [0, 0.1) is 6.92 Å². The van der Waals surface area contributed by atoms with E-state index in [1.54, 1.807) is 30.0 Å². The first kappa shape index (κ1) is 19.8. The van der Waals surface area contributed by atoms with Gasteiger partial charge >= 0.3 is 0 Å². The first-order valence-electron chi connectivity index (χ1n) is 9.40. The molecule has 0 radical (unpaired) electrons. The van der Waals surface area contributed by atoms with Crippen LogP contribution in [-0.4, -0.2) is 35.6 Å². The lowest BCUT2D eigenvalue weighted by molar-refractivity contribution is -0.658. The summed E-state index contributed by atoms with van der Waals surface area (Å²) in [6, 6.07) is 5.26. The van der Waals surface area contributed by atoms with Crippen molar-refractivity contribution in [2.45, 2.75) is 33.2 Å². The molecule has 0 aliphatic rings. The zero-order valence-electron chi connectivity index (χ0n) is 16.5. The third-order valence-electron chi connectivity index (χ3n) is 4.68. The van der Waals surface area contributed by atoms with Crippen molar-refractivity contribution in [1.29, 1.82) is 0 Å². The van der Waals surface area contributed by atoms with Crippen LogP contribution in [0.5, 0.6) is 0 Å². The summed E-state index contributed by atoms with van der Waals surface area (Å²) in [5, 5.41) is 3.20. The van der Waals surface area contributed by atoms with Crippen LogP contribution in [0.1, 0.15) is 35.7 Å². The van der Waals surface area contributed by atoms with E-state index in [0.717, 1.165) is 12.0 Å². The summed E-state index contributed by atoms with van der Waals surface area (Å²) in [6.45, 7) is 5.49. The van der Waals surface area contributed by atoms with Gasteiger partial charge in [-0.25, -0.2) is 4.57 Å². The molecule has 8 heteroatoms. The van der Waals surface area contributed by atoms with Crippen molar-refractivity contribution in [3.05, 3.63) is 45.9 Å². The number of anilines is 1. The van der Waals surface area contributed by atoms with E-state index < -0.39 is 0 Å². The number of nitrogens with one attached hydrogen (secondary N) is 1. The van der Waals surface area contributed by atoms with E-state index in [2.05, 4.69) is 5.32 Å². The Kier molecular flexibility index (Phi) is 5.89. The molecule has 3 aromatic heterocycles. The predicted octanol–water partition coefficient (Wildman–Crippen LogP) is 1.20. The Morgan fingerprint density at radius 1 is 1.43 bits per heavy atom. The molecule has 0 saturated carbocycles. The van der Waals surface area contributed by atoms with E-state index in [1.165, 1.54) is 4.40 Å². The number of nitrogens with two attached hydrogens (primary N) is 1. The average molecular weight is 384 g/mol. The van der Waals surface area contributed by atoms with Crippen LogP contribution >= 0.6 is 0 Å². The first-order valence-corrected chi connectivity index (χ1v) is 9.40. The van der Waals surface area contributed by atoms with Gasteiger partial charge in [0, 0.05) is 32.0 Å². The summed E-state index contributed by atoms with van der Waals surface area (Å²) in [5.74, 6) is -0.00230. The second kappa shape index (κ2) is 8.35. The van der Waals surface area contributed by atoms with Gasteiger partial charge in [-0.2, -0.15) is 0 Å². The Labute approximate surface area is 163 Å². The number of pyridine rings is 2. The Hall–Kier alpha value is -3.00. The highest BCUT2D eigenvalue weighted by Crippen LogP contribution is 2.16. The number of fused-ring (bicyclic) bond motifs is 2. The second-order valence-electron chi connectivity index (χ2n) is 6.74. The van der Waals surface area contributed by atoms with Crippen molar-refractivity contribution in [3.8, 4) is 0 Å². The Balaban J connectivity index is 2.20. The minimum absolute atomic E-state index is 0.220. The molecule has 0 atom stereocenters. The van der Waals surface area contributed by atoms with Crippen LogP contribution in [0.3, 0.4) is 0 Å². The van der Waals surface area contributed by atoms with Gasteiger partial charge in [-0.05, 0) is 31.9 Å². The minimum Gasteiger partial charge on any atom is -0.385 e. The Morgan fingerprint density at radius 2 is 2.21 bits per heavy atom. The highest BCUT2D eigenvalue weighted by atomic mass is 16.5. The maximum atomic E-state index is 13.1.